The molecular weight excluding hydrogens is 270 g/mol. The summed E-state index contributed by atoms with van der Waals surface area (Å²) in [6, 6.07) is 11.5. The van der Waals surface area contributed by atoms with Gasteiger partial charge in [-0.3, -0.25) is 0 Å². The standard InChI is InChI=1S/C14H12F2O2S/c15-12-6-7-14(13(16)10-12)19(17,18)9-8-11-4-2-1-3-5-11/h1-7,10H,8-9H2. The van der Waals surface area contributed by atoms with Gasteiger partial charge < -0.3 is 0 Å². The van der Waals surface area contributed by atoms with Crippen molar-refractivity contribution in [3.63, 3.8) is 0 Å². The van der Waals surface area contributed by atoms with E-state index in [4.69, 9.17) is 0 Å². The summed E-state index contributed by atoms with van der Waals surface area (Å²) in [7, 11) is -3.75. The average molecular weight is 282 g/mol. The minimum Gasteiger partial charge on any atom is -0.224 e. The molecule has 0 aliphatic carbocycles. The molecule has 0 atom stereocenters. The van der Waals surface area contributed by atoms with E-state index < -0.39 is 26.4 Å². The third kappa shape index (κ3) is 3.38. The van der Waals surface area contributed by atoms with Crippen LogP contribution in [-0.4, -0.2) is 14.2 Å². The molecule has 0 bridgehead atoms. The molecule has 5 heteroatoms. The number of aryl methyl sites for hydroxylation is 1. The molecule has 0 aliphatic heterocycles. The lowest BCUT2D eigenvalue weighted by molar-refractivity contribution is 0.549. The minimum atomic E-state index is -3.75. The van der Waals surface area contributed by atoms with Crippen molar-refractivity contribution in [1.29, 1.82) is 0 Å². The lowest BCUT2D eigenvalue weighted by Crippen LogP contribution is -2.11. The number of benzene rings is 2. The van der Waals surface area contributed by atoms with Crippen LogP contribution >= 0.6 is 0 Å². The summed E-state index contributed by atoms with van der Waals surface area (Å²) in [6.07, 6.45) is 0.292. The van der Waals surface area contributed by atoms with Gasteiger partial charge in [0.05, 0.1) is 5.75 Å². The molecule has 0 aliphatic rings. The summed E-state index contributed by atoms with van der Waals surface area (Å²) in [5, 5.41) is 0. The minimum absolute atomic E-state index is 0.209. The molecule has 0 saturated carbocycles. The van der Waals surface area contributed by atoms with Crippen molar-refractivity contribution >= 4 is 9.84 Å². The molecule has 2 aromatic rings. The molecule has 0 N–H and O–H groups in total. The first-order valence-corrected chi connectivity index (χ1v) is 7.36. The van der Waals surface area contributed by atoms with Gasteiger partial charge in [0, 0.05) is 6.07 Å². The van der Waals surface area contributed by atoms with Gasteiger partial charge >= 0.3 is 0 Å². The summed E-state index contributed by atoms with van der Waals surface area (Å²) in [5.41, 5.74) is 0.855. The maximum absolute atomic E-state index is 13.5. The van der Waals surface area contributed by atoms with Crippen molar-refractivity contribution in [2.45, 2.75) is 11.3 Å². The fourth-order valence-corrected chi connectivity index (χ4v) is 3.09. The first-order valence-electron chi connectivity index (χ1n) is 5.71. The molecule has 0 spiro atoms. The highest BCUT2D eigenvalue weighted by Crippen LogP contribution is 2.18. The summed E-state index contributed by atoms with van der Waals surface area (Å²) < 4.78 is 50.2. The first-order chi connectivity index (χ1) is 8.99. The first kappa shape index (κ1) is 13.7. The molecule has 2 nitrogen and oxygen atoms in total. The summed E-state index contributed by atoms with van der Waals surface area (Å²) >= 11 is 0. The molecule has 0 fully saturated rings. The van der Waals surface area contributed by atoms with E-state index in [9.17, 15) is 17.2 Å². The zero-order valence-electron chi connectivity index (χ0n) is 10.0. The van der Waals surface area contributed by atoms with Crippen molar-refractivity contribution in [2.24, 2.45) is 0 Å². The van der Waals surface area contributed by atoms with Crippen molar-refractivity contribution in [2.75, 3.05) is 5.75 Å². The van der Waals surface area contributed by atoms with E-state index in [1.165, 1.54) is 0 Å². The van der Waals surface area contributed by atoms with Gasteiger partial charge in [-0.15, -0.1) is 0 Å². The number of rotatable bonds is 4. The molecule has 0 radical (unpaired) electrons. The molecule has 0 amide bonds. The molecule has 2 aromatic carbocycles. The predicted molar refractivity (Wildman–Crippen MR) is 68.6 cm³/mol. The van der Waals surface area contributed by atoms with E-state index in [0.29, 0.717) is 12.5 Å². The smallest absolute Gasteiger partial charge is 0.181 e. The largest absolute Gasteiger partial charge is 0.224 e. The maximum atomic E-state index is 13.5. The van der Waals surface area contributed by atoms with E-state index in [0.717, 1.165) is 17.7 Å². The Morgan fingerprint density at radius 2 is 1.63 bits per heavy atom. The van der Waals surface area contributed by atoms with Crippen LogP contribution in [0, 0.1) is 11.6 Å². The summed E-state index contributed by atoms with van der Waals surface area (Å²) in [6.45, 7) is 0. The van der Waals surface area contributed by atoms with Crippen molar-refractivity contribution in [3.05, 3.63) is 65.7 Å². The van der Waals surface area contributed by atoms with Crippen LogP contribution in [-0.2, 0) is 16.3 Å². The van der Waals surface area contributed by atoms with Gasteiger partial charge in [0.25, 0.3) is 0 Å². The van der Waals surface area contributed by atoms with Gasteiger partial charge in [-0.1, -0.05) is 30.3 Å². The maximum Gasteiger partial charge on any atom is 0.181 e. The van der Waals surface area contributed by atoms with Crippen molar-refractivity contribution < 1.29 is 17.2 Å². The Hall–Kier alpha value is -1.75. The van der Waals surface area contributed by atoms with Gasteiger partial charge in [0.1, 0.15) is 16.5 Å². The molecule has 2 rings (SSSR count). The molecule has 19 heavy (non-hydrogen) atoms. The number of hydrogen-bond acceptors (Lipinski definition) is 2. The fourth-order valence-electron chi connectivity index (χ4n) is 1.73. The van der Waals surface area contributed by atoms with Crippen LogP contribution in [0.4, 0.5) is 8.78 Å². The highest BCUT2D eigenvalue weighted by atomic mass is 32.2. The van der Waals surface area contributed by atoms with Crippen LogP contribution < -0.4 is 0 Å². The van der Waals surface area contributed by atoms with Crippen LogP contribution in [0.15, 0.2) is 53.4 Å². The summed E-state index contributed by atoms with van der Waals surface area (Å²) in [5.74, 6) is -2.05. The third-order valence-electron chi connectivity index (χ3n) is 2.73. The Morgan fingerprint density at radius 1 is 0.947 bits per heavy atom. The van der Waals surface area contributed by atoms with Crippen LogP contribution in [0.1, 0.15) is 5.56 Å². The Bertz CT molecular complexity index is 667. The van der Waals surface area contributed by atoms with Gasteiger partial charge in [-0.05, 0) is 24.1 Å². The molecular formula is C14H12F2O2S. The zero-order valence-corrected chi connectivity index (χ0v) is 10.8. The zero-order chi connectivity index (χ0) is 13.9. The molecule has 0 heterocycles. The molecule has 0 aromatic heterocycles. The normalized spacial score (nSPS) is 11.5. The number of sulfone groups is 1. The highest BCUT2D eigenvalue weighted by molar-refractivity contribution is 7.91. The van der Waals surface area contributed by atoms with Crippen LogP contribution in [0.25, 0.3) is 0 Å². The van der Waals surface area contributed by atoms with Gasteiger partial charge in [0.2, 0.25) is 0 Å². The van der Waals surface area contributed by atoms with E-state index >= 15 is 0 Å². The lowest BCUT2D eigenvalue weighted by atomic mass is 10.2. The van der Waals surface area contributed by atoms with E-state index in [1.54, 1.807) is 24.3 Å². The predicted octanol–water partition coefficient (Wildman–Crippen LogP) is 2.98. The Labute approximate surface area is 110 Å². The van der Waals surface area contributed by atoms with Gasteiger partial charge in [0.15, 0.2) is 9.84 Å². The Morgan fingerprint density at radius 3 is 2.26 bits per heavy atom. The van der Waals surface area contributed by atoms with E-state index in [-0.39, 0.29) is 5.75 Å². The van der Waals surface area contributed by atoms with Gasteiger partial charge in [-0.25, -0.2) is 17.2 Å². The average Bonchev–Trinajstić information content (AvgIpc) is 2.37. The second-order valence-corrected chi connectivity index (χ2v) is 6.21. The Balaban J connectivity index is 2.19. The molecule has 0 saturated heterocycles. The topological polar surface area (TPSA) is 34.1 Å². The summed E-state index contributed by atoms with van der Waals surface area (Å²) in [4.78, 5) is -0.454. The lowest BCUT2D eigenvalue weighted by Gasteiger charge is -2.06. The van der Waals surface area contributed by atoms with Gasteiger partial charge in [-0.2, -0.15) is 0 Å². The SMILES string of the molecule is O=S(=O)(CCc1ccccc1)c1ccc(F)cc1F. The van der Waals surface area contributed by atoms with E-state index in [2.05, 4.69) is 0 Å². The molecule has 100 valence electrons. The molecule has 0 unspecified atom stereocenters. The van der Waals surface area contributed by atoms with Crippen molar-refractivity contribution in [1.82, 2.24) is 0 Å². The Kier molecular flexibility index (Phi) is 3.95. The second kappa shape index (κ2) is 5.48. The monoisotopic (exact) mass is 282 g/mol. The highest BCUT2D eigenvalue weighted by Gasteiger charge is 2.19. The number of hydrogen-bond donors (Lipinski definition) is 0. The van der Waals surface area contributed by atoms with Crippen molar-refractivity contribution in [3.8, 4) is 0 Å². The third-order valence-corrected chi connectivity index (χ3v) is 4.47. The van der Waals surface area contributed by atoms with E-state index in [1.807, 2.05) is 6.07 Å². The fraction of sp³-hybridized carbons (Fsp3) is 0.143. The van der Waals surface area contributed by atoms with Crippen LogP contribution in [0.3, 0.4) is 0 Å². The quantitative estimate of drug-likeness (QED) is 0.808. The second-order valence-electron chi connectivity index (χ2n) is 4.13. The van der Waals surface area contributed by atoms with Crippen LogP contribution in [0.2, 0.25) is 0 Å². The number of halogens is 2. The van der Waals surface area contributed by atoms with Crippen LogP contribution in [0.5, 0.6) is 0 Å².